The summed E-state index contributed by atoms with van der Waals surface area (Å²) in [5, 5.41) is 6.86. The summed E-state index contributed by atoms with van der Waals surface area (Å²) in [6.45, 7) is 2.73. The van der Waals surface area contributed by atoms with Crippen LogP contribution >= 0.6 is 11.3 Å². The van der Waals surface area contributed by atoms with Crippen molar-refractivity contribution >= 4 is 11.3 Å². The lowest BCUT2D eigenvalue weighted by molar-refractivity contribution is 0.190. The summed E-state index contributed by atoms with van der Waals surface area (Å²) in [7, 11) is 0. The van der Waals surface area contributed by atoms with Gasteiger partial charge in [0.15, 0.2) is 0 Å². The molecule has 3 rings (SSSR count). The highest BCUT2D eigenvalue weighted by atomic mass is 32.1. The molecule has 0 aliphatic carbocycles. The Labute approximate surface area is 117 Å². The first-order valence-corrected chi connectivity index (χ1v) is 7.61. The second-order valence-electron chi connectivity index (χ2n) is 4.76. The number of rotatable bonds is 5. The zero-order valence-corrected chi connectivity index (χ0v) is 11.7. The maximum absolute atomic E-state index is 5.35. The first kappa shape index (κ1) is 12.8. The fourth-order valence-corrected chi connectivity index (χ4v) is 3.05. The van der Waals surface area contributed by atoms with E-state index in [1.54, 1.807) is 11.3 Å². The molecule has 0 radical (unpaired) electrons. The molecular weight excluding hydrogens is 256 g/mol. The van der Waals surface area contributed by atoms with Gasteiger partial charge in [-0.1, -0.05) is 30.3 Å². The third-order valence-corrected chi connectivity index (χ3v) is 4.23. The highest BCUT2D eigenvalue weighted by molar-refractivity contribution is 7.09. The molecule has 1 atom stereocenters. The third kappa shape index (κ3) is 3.41. The Morgan fingerprint density at radius 3 is 3.00 bits per heavy atom. The quantitative estimate of drug-likeness (QED) is 0.910. The van der Waals surface area contributed by atoms with E-state index >= 15 is 0 Å². The summed E-state index contributed by atoms with van der Waals surface area (Å²) in [6.07, 6.45) is 2.13. The van der Waals surface area contributed by atoms with Crippen molar-refractivity contribution in [3.63, 3.8) is 0 Å². The van der Waals surface area contributed by atoms with Gasteiger partial charge in [-0.3, -0.25) is 0 Å². The molecule has 0 saturated carbocycles. The number of benzene rings is 1. The zero-order valence-electron chi connectivity index (χ0n) is 10.8. The average molecular weight is 274 g/mol. The lowest BCUT2D eigenvalue weighted by Crippen LogP contribution is -2.30. The van der Waals surface area contributed by atoms with E-state index in [1.807, 2.05) is 6.07 Å². The van der Waals surface area contributed by atoms with Gasteiger partial charge in [-0.05, 0) is 6.42 Å². The summed E-state index contributed by atoms with van der Waals surface area (Å²) < 4.78 is 5.35. The van der Waals surface area contributed by atoms with Crippen molar-refractivity contribution in [2.75, 3.05) is 19.8 Å². The van der Waals surface area contributed by atoms with Crippen molar-refractivity contribution in [3.8, 4) is 11.3 Å². The number of thiazole rings is 1. The molecule has 1 aliphatic heterocycles. The molecule has 1 aromatic heterocycles. The fraction of sp³-hybridized carbons (Fsp3) is 0.400. The molecule has 2 aromatic rings. The SMILES string of the molecule is c1ccc(-c2csc(CCN[C@H]3CCOC3)n2)cc1. The van der Waals surface area contributed by atoms with Crippen LogP contribution < -0.4 is 5.32 Å². The molecule has 19 heavy (non-hydrogen) atoms. The van der Waals surface area contributed by atoms with Crippen molar-refractivity contribution in [2.24, 2.45) is 0 Å². The number of hydrogen-bond acceptors (Lipinski definition) is 4. The second-order valence-corrected chi connectivity index (χ2v) is 5.70. The smallest absolute Gasteiger partial charge is 0.0945 e. The van der Waals surface area contributed by atoms with Crippen LogP contribution in [0.2, 0.25) is 0 Å². The predicted octanol–water partition coefficient (Wildman–Crippen LogP) is 2.73. The molecule has 1 saturated heterocycles. The summed E-state index contributed by atoms with van der Waals surface area (Å²) in [5.74, 6) is 0. The van der Waals surface area contributed by atoms with Crippen molar-refractivity contribution < 1.29 is 4.74 Å². The number of aromatic nitrogens is 1. The van der Waals surface area contributed by atoms with E-state index in [1.165, 1.54) is 10.6 Å². The minimum atomic E-state index is 0.536. The summed E-state index contributed by atoms with van der Waals surface area (Å²) in [4.78, 5) is 4.69. The average Bonchev–Trinajstić information content (AvgIpc) is 3.11. The molecule has 4 heteroatoms. The first-order chi connectivity index (χ1) is 9.42. The molecule has 0 spiro atoms. The highest BCUT2D eigenvalue weighted by Gasteiger charge is 2.14. The Balaban J connectivity index is 1.53. The van der Waals surface area contributed by atoms with E-state index in [2.05, 4.69) is 35.0 Å². The van der Waals surface area contributed by atoms with Gasteiger partial charge >= 0.3 is 0 Å². The van der Waals surface area contributed by atoms with E-state index < -0.39 is 0 Å². The highest BCUT2D eigenvalue weighted by Crippen LogP contribution is 2.21. The van der Waals surface area contributed by atoms with Gasteiger partial charge in [-0.15, -0.1) is 11.3 Å². The Bertz CT molecular complexity index is 506. The van der Waals surface area contributed by atoms with Crippen LogP contribution in [0.5, 0.6) is 0 Å². The van der Waals surface area contributed by atoms with E-state index in [0.29, 0.717) is 6.04 Å². The van der Waals surface area contributed by atoms with Crippen molar-refractivity contribution in [3.05, 3.63) is 40.7 Å². The van der Waals surface area contributed by atoms with Crippen molar-refractivity contribution in [1.82, 2.24) is 10.3 Å². The van der Waals surface area contributed by atoms with Gasteiger partial charge in [-0.2, -0.15) is 0 Å². The molecule has 1 N–H and O–H groups in total. The largest absolute Gasteiger partial charge is 0.380 e. The minimum absolute atomic E-state index is 0.536. The molecule has 0 amide bonds. The first-order valence-electron chi connectivity index (χ1n) is 6.73. The van der Waals surface area contributed by atoms with E-state index in [9.17, 15) is 0 Å². The molecule has 100 valence electrons. The molecule has 0 bridgehead atoms. The van der Waals surface area contributed by atoms with Gasteiger partial charge < -0.3 is 10.1 Å². The van der Waals surface area contributed by atoms with Crippen molar-refractivity contribution in [2.45, 2.75) is 18.9 Å². The van der Waals surface area contributed by atoms with Crippen LogP contribution in [0, 0.1) is 0 Å². The van der Waals surface area contributed by atoms with Crippen LogP contribution in [0.25, 0.3) is 11.3 Å². The molecule has 1 aromatic carbocycles. The molecule has 2 heterocycles. The Morgan fingerprint density at radius 2 is 2.21 bits per heavy atom. The van der Waals surface area contributed by atoms with Gasteiger partial charge in [0.2, 0.25) is 0 Å². The van der Waals surface area contributed by atoms with Crippen LogP contribution in [-0.4, -0.2) is 30.8 Å². The lowest BCUT2D eigenvalue weighted by atomic mass is 10.2. The molecule has 1 fully saturated rings. The number of nitrogens with zero attached hydrogens (tertiary/aromatic N) is 1. The van der Waals surface area contributed by atoms with E-state index in [0.717, 1.165) is 38.3 Å². The maximum Gasteiger partial charge on any atom is 0.0945 e. The molecule has 0 unspecified atom stereocenters. The Kier molecular flexibility index (Phi) is 4.23. The normalized spacial score (nSPS) is 18.8. The molecule has 1 aliphatic rings. The van der Waals surface area contributed by atoms with Gasteiger partial charge in [0.1, 0.15) is 0 Å². The van der Waals surface area contributed by atoms with Gasteiger partial charge in [0.25, 0.3) is 0 Å². The monoisotopic (exact) mass is 274 g/mol. The standard InChI is InChI=1S/C15H18N2OS/c1-2-4-12(5-3-1)14-11-19-15(17-14)6-8-16-13-7-9-18-10-13/h1-5,11,13,16H,6-10H2/t13-/m0/s1. The molecule has 3 nitrogen and oxygen atoms in total. The Morgan fingerprint density at radius 1 is 1.32 bits per heavy atom. The molecular formula is C15H18N2OS. The predicted molar refractivity (Wildman–Crippen MR) is 78.5 cm³/mol. The van der Waals surface area contributed by atoms with Gasteiger partial charge in [-0.25, -0.2) is 4.98 Å². The third-order valence-electron chi connectivity index (χ3n) is 3.32. The number of ether oxygens (including phenoxy) is 1. The van der Waals surface area contributed by atoms with E-state index in [4.69, 9.17) is 9.72 Å². The number of hydrogen-bond donors (Lipinski definition) is 1. The maximum atomic E-state index is 5.35. The van der Waals surface area contributed by atoms with Gasteiger partial charge in [0, 0.05) is 36.6 Å². The zero-order chi connectivity index (χ0) is 12.9. The second kappa shape index (κ2) is 6.28. The lowest BCUT2D eigenvalue weighted by Gasteiger charge is -2.08. The van der Waals surface area contributed by atoms with Crippen LogP contribution in [-0.2, 0) is 11.2 Å². The summed E-state index contributed by atoms with van der Waals surface area (Å²) in [5.41, 5.74) is 2.28. The number of nitrogens with one attached hydrogen (secondary N) is 1. The summed E-state index contributed by atoms with van der Waals surface area (Å²) in [6, 6.07) is 10.9. The van der Waals surface area contributed by atoms with Crippen LogP contribution in [0.4, 0.5) is 0 Å². The van der Waals surface area contributed by atoms with Gasteiger partial charge in [0.05, 0.1) is 17.3 Å². The Hall–Kier alpha value is -1.23. The van der Waals surface area contributed by atoms with E-state index in [-0.39, 0.29) is 0 Å². The van der Waals surface area contributed by atoms with Crippen LogP contribution in [0.3, 0.4) is 0 Å². The topological polar surface area (TPSA) is 34.1 Å². The fourth-order valence-electron chi connectivity index (χ4n) is 2.25. The van der Waals surface area contributed by atoms with Crippen LogP contribution in [0.15, 0.2) is 35.7 Å². The van der Waals surface area contributed by atoms with Crippen LogP contribution in [0.1, 0.15) is 11.4 Å². The minimum Gasteiger partial charge on any atom is -0.380 e. The van der Waals surface area contributed by atoms with Crippen molar-refractivity contribution in [1.29, 1.82) is 0 Å². The summed E-state index contributed by atoms with van der Waals surface area (Å²) >= 11 is 1.74.